The molecular weight excluding hydrogens is 344 g/mol. The summed E-state index contributed by atoms with van der Waals surface area (Å²) in [6, 6.07) is 7.60. The number of nitrogens with zero attached hydrogens (tertiary/aromatic N) is 2. The highest BCUT2D eigenvalue weighted by molar-refractivity contribution is 5.87. The normalized spacial score (nSPS) is 20.9. The molecule has 1 aromatic rings. The quantitative estimate of drug-likeness (QED) is 0.745. The predicted octanol–water partition coefficient (Wildman–Crippen LogP) is 2.49. The fourth-order valence-electron chi connectivity index (χ4n) is 3.86. The maximum atomic E-state index is 12.9. The molecule has 2 fully saturated rings. The van der Waals surface area contributed by atoms with Crippen LogP contribution in [0.15, 0.2) is 36.9 Å². The second kappa shape index (κ2) is 8.93. The van der Waals surface area contributed by atoms with Crippen LogP contribution in [0.3, 0.4) is 0 Å². The van der Waals surface area contributed by atoms with Gasteiger partial charge < -0.3 is 19.3 Å². The van der Waals surface area contributed by atoms with Crippen molar-refractivity contribution in [3.63, 3.8) is 0 Å². The molecule has 6 nitrogen and oxygen atoms in total. The van der Waals surface area contributed by atoms with Crippen LogP contribution in [0.1, 0.15) is 25.7 Å². The highest BCUT2D eigenvalue weighted by Gasteiger charge is 2.32. The molecule has 2 aliphatic rings. The Labute approximate surface area is 160 Å². The fraction of sp³-hybridized carbons (Fsp3) is 0.524. The van der Waals surface area contributed by atoms with Crippen LogP contribution in [0.5, 0.6) is 11.5 Å². The summed E-state index contributed by atoms with van der Waals surface area (Å²) in [7, 11) is 1.63. The van der Waals surface area contributed by atoms with Gasteiger partial charge in [0.25, 0.3) is 0 Å². The highest BCUT2D eigenvalue weighted by Crippen LogP contribution is 2.29. The molecule has 6 heteroatoms. The van der Waals surface area contributed by atoms with Gasteiger partial charge in [0.1, 0.15) is 6.10 Å². The first-order valence-corrected chi connectivity index (χ1v) is 9.62. The maximum absolute atomic E-state index is 12.9. The predicted molar refractivity (Wildman–Crippen MR) is 103 cm³/mol. The van der Waals surface area contributed by atoms with E-state index in [0.29, 0.717) is 38.2 Å². The number of benzene rings is 1. The van der Waals surface area contributed by atoms with Crippen LogP contribution >= 0.6 is 0 Å². The van der Waals surface area contributed by atoms with Gasteiger partial charge in [-0.1, -0.05) is 18.7 Å². The summed E-state index contributed by atoms with van der Waals surface area (Å²) in [4.78, 5) is 28.3. The molecule has 2 saturated heterocycles. The number of likely N-dealkylation sites (tertiary alicyclic amines) is 2. The van der Waals surface area contributed by atoms with Crippen molar-refractivity contribution in [3.05, 3.63) is 36.9 Å². The summed E-state index contributed by atoms with van der Waals surface area (Å²) in [5.41, 5.74) is 0. The van der Waals surface area contributed by atoms with Crippen molar-refractivity contribution in [2.75, 3.05) is 33.3 Å². The smallest absolute Gasteiger partial charge is 0.245 e. The molecular formula is C21H28N2O4. The monoisotopic (exact) mass is 372 g/mol. The van der Waals surface area contributed by atoms with Crippen molar-refractivity contribution in [1.29, 1.82) is 0 Å². The molecule has 0 radical (unpaired) electrons. The number of rotatable bonds is 5. The van der Waals surface area contributed by atoms with Gasteiger partial charge in [-0.05, 0) is 43.9 Å². The van der Waals surface area contributed by atoms with Gasteiger partial charge in [0.05, 0.1) is 13.7 Å². The van der Waals surface area contributed by atoms with E-state index in [1.807, 2.05) is 29.2 Å². The molecule has 27 heavy (non-hydrogen) atoms. The number of ether oxygens (including phenoxy) is 2. The Morgan fingerprint density at radius 1 is 1.07 bits per heavy atom. The van der Waals surface area contributed by atoms with Crippen LogP contribution in [-0.4, -0.2) is 61.0 Å². The molecule has 1 atom stereocenters. The molecule has 0 saturated carbocycles. The Kier molecular flexibility index (Phi) is 6.37. The van der Waals surface area contributed by atoms with Crippen LogP contribution in [0, 0.1) is 5.92 Å². The molecule has 2 amide bonds. The molecule has 1 aromatic carbocycles. The van der Waals surface area contributed by atoms with Crippen LogP contribution in [0.25, 0.3) is 0 Å². The number of hydrogen-bond acceptors (Lipinski definition) is 4. The van der Waals surface area contributed by atoms with E-state index in [9.17, 15) is 9.59 Å². The van der Waals surface area contributed by atoms with Crippen LogP contribution < -0.4 is 9.47 Å². The van der Waals surface area contributed by atoms with Gasteiger partial charge in [-0.3, -0.25) is 9.59 Å². The summed E-state index contributed by atoms with van der Waals surface area (Å²) in [6.45, 7) is 6.15. The third-order valence-electron chi connectivity index (χ3n) is 5.38. The summed E-state index contributed by atoms with van der Waals surface area (Å²) >= 11 is 0. The first kappa shape index (κ1) is 19.3. The number of carbonyl (C=O) groups excluding carboxylic acids is 2. The zero-order valence-electron chi connectivity index (χ0n) is 15.9. The molecule has 0 spiro atoms. The van der Waals surface area contributed by atoms with Crippen LogP contribution in [0.4, 0.5) is 0 Å². The van der Waals surface area contributed by atoms with Crippen LogP contribution in [-0.2, 0) is 9.59 Å². The van der Waals surface area contributed by atoms with Crippen molar-refractivity contribution >= 4 is 11.8 Å². The third kappa shape index (κ3) is 4.62. The minimum Gasteiger partial charge on any atom is -0.493 e. The standard InChI is InChI=1S/C21H28N2O4/c1-3-20(24)22-13-10-16(11-14-22)21(25)23-12-6-7-17(15-23)27-19-9-5-4-8-18(19)26-2/h3-5,8-9,16-17H,1,6-7,10-15H2,2H3. The molecule has 0 N–H and O–H groups in total. The van der Waals surface area contributed by atoms with Gasteiger partial charge in [-0.25, -0.2) is 0 Å². The van der Waals surface area contributed by atoms with Crippen LogP contribution in [0.2, 0.25) is 0 Å². The number of methoxy groups -OCH3 is 1. The van der Waals surface area contributed by atoms with Crippen molar-refractivity contribution in [3.8, 4) is 11.5 Å². The average molecular weight is 372 g/mol. The second-order valence-electron chi connectivity index (χ2n) is 7.12. The van der Waals surface area contributed by atoms with Gasteiger partial charge >= 0.3 is 0 Å². The van der Waals surface area contributed by atoms with Crippen molar-refractivity contribution < 1.29 is 19.1 Å². The molecule has 2 aliphatic heterocycles. The largest absolute Gasteiger partial charge is 0.493 e. The Balaban J connectivity index is 1.55. The molecule has 0 aromatic heterocycles. The van der Waals surface area contributed by atoms with Gasteiger partial charge in [-0.15, -0.1) is 0 Å². The third-order valence-corrected chi connectivity index (χ3v) is 5.38. The molecule has 146 valence electrons. The summed E-state index contributed by atoms with van der Waals surface area (Å²) in [6.07, 6.45) is 4.60. The number of hydrogen-bond donors (Lipinski definition) is 0. The Morgan fingerprint density at radius 3 is 2.44 bits per heavy atom. The fourth-order valence-corrected chi connectivity index (χ4v) is 3.86. The lowest BCUT2D eigenvalue weighted by atomic mass is 9.94. The number of amides is 2. The Morgan fingerprint density at radius 2 is 1.78 bits per heavy atom. The van der Waals surface area contributed by atoms with Gasteiger partial charge in [0.2, 0.25) is 11.8 Å². The summed E-state index contributed by atoms with van der Waals surface area (Å²) < 4.78 is 11.5. The first-order chi connectivity index (χ1) is 13.1. The summed E-state index contributed by atoms with van der Waals surface area (Å²) in [5, 5.41) is 0. The molecule has 2 heterocycles. The zero-order chi connectivity index (χ0) is 19.2. The number of carbonyl (C=O) groups is 2. The second-order valence-corrected chi connectivity index (χ2v) is 7.12. The van der Waals surface area contributed by atoms with Gasteiger partial charge in [0.15, 0.2) is 11.5 Å². The SMILES string of the molecule is C=CC(=O)N1CCC(C(=O)N2CCCC(Oc3ccccc3OC)C2)CC1. The molecule has 0 bridgehead atoms. The lowest BCUT2D eigenvalue weighted by Gasteiger charge is -2.37. The minimum absolute atomic E-state index is 0.0103. The van der Waals surface area contributed by atoms with Crippen molar-refractivity contribution in [2.24, 2.45) is 5.92 Å². The molecule has 3 rings (SSSR count). The van der Waals surface area contributed by atoms with E-state index in [-0.39, 0.29) is 23.8 Å². The minimum atomic E-state index is -0.0517. The van der Waals surface area contributed by atoms with E-state index >= 15 is 0 Å². The highest BCUT2D eigenvalue weighted by atomic mass is 16.5. The molecule has 0 aliphatic carbocycles. The van der Waals surface area contributed by atoms with Gasteiger partial charge in [-0.2, -0.15) is 0 Å². The van der Waals surface area contributed by atoms with E-state index in [2.05, 4.69) is 6.58 Å². The van der Waals surface area contributed by atoms with Crippen molar-refractivity contribution in [2.45, 2.75) is 31.8 Å². The van der Waals surface area contributed by atoms with E-state index in [1.165, 1.54) is 6.08 Å². The number of piperidine rings is 2. The Bertz CT molecular complexity index is 683. The van der Waals surface area contributed by atoms with E-state index < -0.39 is 0 Å². The lowest BCUT2D eigenvalue weighted by molar-refractivity contribution is -0.141. The number of para-hydroxylation sites is 2. The topological polar surface area (TPSA) is 59.1 Å². The molecule has 1 unspecified atom stereocenters. The summed E-state index contributed by atoms with van der Waals surface area (Å²) in [5.74, 6) is 1.55. The average Bonchev–Trinajstić information content (AvgIpc) is 2.73. The van der Waals surface area contributed by atoms with E-state index in [0.717, 1.165) is 25.1 Å². The van der Waals surface area contributed by atoms with Gasteiger partial charge in [0, 0.05) is 25.6 Å². The van der Waals surface area contributed by atoms with E-state index in [1.54, 1.807) is 12.0 Å². The van der Waals surface area contributed by atoms with Crippen molar-refractivity contribution in [1.82, 2.24) is 9.80 Å². The lowest BCUT2D eigenvalue weighted by Crippen LogP contribution is -2.49. The first-order valence-electron chi connectivity index (χ1n) is 9.62. The zero-order valence-corrected chi connectivity index (χ0v) is 15.9. The van der Waals surface area contributed by atoms with E-state index in [4.69, 9.17) is 9.47 Å². The Hall–Kier alpha value is -2.50. The maximum Gasteiger partial charge on any atom is 0.245 e.